The number of piperidine rings is 1. The second-order valence-electron chi connectivity index (χ2n) is 11.7. The number of rotatable bonds is 8. The zero-order valence-corrected chi connectivity index (χ0v) is 26.8. The lowest BCUT2D eigenvalue weighted by Gasteiger charge is -2.39. The smallest absolute Gasteiger partial charge is 0.491 e. The van der Waals surface area contributed by atoms with Gasteiger partial charge in [-0.2, -0.15) is 0 Å². The van der Waals surface area contributed by atoms with Crippen LogP contribution in [0.3, 0.4) is 0 Å². The maximum atomic E-state index is 13.7. The average molecular weight is 677 g/mol. The maximum Gasteiger partial charge on any atom is 0.522 e. The number of carbonyl (C=O) groups is 1. The van der Waals surface area contributed by atoms with Gasteiger partial charge in [0.2, 0.25) is 0 Å². The Labute approximate surface area is 271 Å². The molecule has 0 bridgehead atoms. The van der Waals surface area contributed by atoms with Gasteiger partial charge < -0.3 is 9.84 Å². The largest absolute Gasteiger partial charge is 0.522 e. The first-order valence-electron chi connectivity index (χ1n) is 15.0. The van der Waals surface area contributed by atoms with Crippen LogP contribution in [0.25, 0.3) is 21.3 Å². The van der Waals surface area contributed by atoms with Gasteiger partial charge in [-0.25, -0.2) is 9.78 Å². The van der Waals surface area contributed by atoms with Gasteiger partial charge >= 0.3 is 12.3 Å². The molecule has 4 aromatic rings. The lowest BCUT2D eigenvalue weighted by Crippen LogP contribution is -2.48. The monoisotopic (exact) mass is 676 g/mol. The molecule has 1 aliphatic heterocycles. The maximum absolute atomic E-state index is 13.7. The van der Waals surface area contributed by atoms with Gasteiger partial charge in [0, 0.05) is 51.9 Å². The average Bonchev–Trinajstić information content (AvgIpc) is 3.43. The summed E-state index contributed by atoms with van der Waals surface area (Å²) in [6, 6.07) is 7.14. The molecular formula is C32H32ClF3N4O5S. The number of nitrogens with zero attached hydrogens (tertiary/aromatic N) is 4. The second-order valence-corrected chi connectivity index (χ2v) is 13.0. The number of fused-ring (bicyclic) bond motifs is 2. The number of aryl methyl sites for hydroxylation is 3. The minimum atomic E-state index is -4.63. The Morgan fingerprint density at radius 2 is 1.89 bits per heavy atom. The molecule has 46 heavy (non-hydrogen) atoms. The minimum Gasteiger partial charge on any atom is -0.491 e. The van der Waals surface area contributed by atoms with E-state index in [9.17, 15) is 27.9 Å². The molecule has 0 amide bonds. The highest BCUT2D eigenvalue weighted by Crippen LogP contribution is 2.40. The molecule has 3 aromatic heterocycles. The third-order valence-electron chi connectivity index (χ3n) is 8.67. The van der Waals surface area contributed by atoms with Crippen molar-refractivity contribution in [3.63, 3.8) is 0 Å². The molecule has 1 N–H and O–H groups in total. The number of ether oxygens (including phenoxy) is 2. The molecule has 6 rings (SSSR count). The number of pyridine rings is 1. The van der Waals surface area contributed by atoms with E-state index in [0.717, 1.165) is 17.7 Å². The number of carboxylic acids is 1. The highest BCUT2D eigenvalue weighted by atomic mass is 35.5. The Kier molecular flexibility index (Phi) is 9.12. The lowest BCUT2D eigenvalue weighted by atomic mass is 9.90. The summed E-state index contributed by atoms with van der Waals surface area (Å²) < 4.78 is 50.7. The predicted molar refractivity (Wildman–Crippen MR) is 168 cm³/mol. The molecule has 2 aliphatic rings. The van der Waals surface area contributed by atoms with Gasteiger partial charge in [-0.15, -0.1) is 24.5 Å². The Morgan fingerprint density at radius 1 is 1.13 bits per heavy atom. The van der Waals surface area contributed by atoms with Gasteiger partial charge in [-0.3, -0.25) is 24.0 Å². The summed E-state index contributed by atoms with van der Waals surface area (Å²) in [4.78, 5) is 36.9. The summed E-state index contributed by atoms with van der Waals surface area (Å²) in [7, 11) is 0. The molecule has 0 saturated carbocycles. The van der Waals surface area contributed by atoms with Crippen LogP contribution in [0.15, 0.2) is 34.4 Å². The fraction of sp³-hybridized carbons (Fsp3) is 0.438. The van der Waals surface area contributed by atoms with Crippen LogP contribution < -0.4 is 10.3 Å². The second kappa shape index (κ2) is 12.9. The van der Waals surface area contributed by atoms with E-state index in [1.807, 2.05) is 6.07 Å². The third kappa shape index (κ3) is 6.78. The van der Waals surface area contributed by atoms with Crippen LogP contribution >= 0.6 is 22.9 Å². The van der Waals surface area contributed by atoms with E-state index in [1.54, 1.807) is 42.0 Å². The van der Waals surface area contributed by atoms with Crippen LogP contribution in [0, 0.1) is 13.8 Å². The molecule has 244 valence electrons. The van der Waals surface area contributed by atoms with E-state index in [-0.39, 0.29) is 30.3 Å². The minimum absolute atomic E-state index is 0.0532. The summed E-state index contributed by atoms with van der Waals surface area (Å²) in [5.41, 5.74) is 3.90. The Balaban J connectivity index is 1.18. The van der Waals surface area contributed by atoms with Gasteiger partial charge in [-0.1, -0.05) is 11.6 Å². The molecule has 1 saturated heterocycles. The standard InChI is InChI=1S/C32H32ClF3N4O5S/c1-17-13-23(29-28(37-17)25(16-46-29)31(42)43)22-14-19(33)3-6-27(22)44-12-11-40-18(2)38-26-5-4-20(15-24(26)30(40)41)39-9-7-21(8-10-39)45-32(34,35)36/h3,6,13-14,16,20-21H,4-5,7-12,15H2,1-2H3,(H,42,43)/t20-/m0/s1. The normalized spacial score (nSPS) is 17.7. The van der Waals surface area contributed by atoms with Gasteiger partial charge in [0.15, 0.2) is 0 Å². The van der Waals surface area contributed by atoms with E-state index in [2.05, 4.69) is 14.6 Å². The van der Waals surface area contributed by atoms with Crippen LogP contribution in [0.2, 0.25) is 5.02 Å². The summed E-state index contributed by atoms with van der Waals surface area (Å²) in [5.74, 6) is 0.0541. The number of aromatic nitrogens is 3. The summed E-state index contributed by atoms with van der Waals surface area (Å²) in [5, 5.41) is 11.7. The molecule has 1 fully saturated rings. The van der Waals surface area contributed by atoms with E-state index in [0.29, 0.717) is 82.4 Å². The van der Waals surface area contributed by atoms with Crippen molar-refractivity contribution in [1.29, 1.82) is 0 Å². The molecule has 0 spiro atoms. The van der Waals surface area contributed by atoms with Crippen molar-refractivity contribution < 1.29 is 32.5 Å². The number of hydrogen-bond acceptors (Lipinski definition) is 8. The zero-order chi connectivity index (χ0) is 32.7. The number of hydrogen-bond donors (Lipinski definition) is 1. The quantitative estimate of drug-likeness (QED) is 0.228. The number of thiophene rings is 1. The van der Waals surface area contributed by atoms with E-state index in [4.69, 9.17) is 21.3 Å². The Morgan fingerprint density at radius 3 is 2.61 bits per heavy atom. The SMILES string of the molecule is Cc1cc(-c2cc(Cl)ccc2OCCn2c(C)nc3c(c2=O)C[C@@H](N2CCC(OC(F)(F)F)CC2)CC3)c2scc(C(=O)O)c2n1. The van der Waals surface area contributed by atoms with E-state index < -0.39 is 18.4 Å². The van der Waals surface area contributed by atoms with Crippen molar-refractivity contribution in [2.75, 3.05) is 19.7 Å². The van der Waals surface area contributed by atoms with Crippen molar-refractivity contribution >= 4 is 39.1 Å². The zero-order valence-electron chi connectivity index (χ0n) is 25.2. The number of aromatic carboxylic acids is 1. The highest BCUT2D eigenvalue weighted by Gasteiger charge is 2.37. The summed E-state index contributed by atoms with van der Waals surface area (Å²) in [6.45, 7) is 4.95. The predicted octanol–water partition coefficient (Wildman–Crippen LogP) is 6.43. The van der Waals surface area contributed by atoms with E-state index in [1.165, 1.54) is 11.3 Å². The number of likely N-dealkylation sites (tertiary alicyclic amines) is 1. The fourth-order valence-corrected chi connectivity index (χ4v) is 7.69. The van der Waals surface area contributed by atoms with Gasteiger partial charge in [-0.05, 0) is 70.2 Å². The van der Waals surface area contributed by atoms with Gasteiger partial charge in [0.25, 0.3) is 5.56 Å². The van der Waals surface area contributed by atoms with Crippen molar-refractivity contribution in [2.24, 2.45) is 0 Å². The molecule has 1 atom stereocenters. The first-order valence-corrected chi connectivity index (χ1v) is 16.3. The molecule has 4 heterocycles. The summed E-state index contributed by atoms with van der Waals surface area (Å²) >= 11 is 7.67. The van der Waals surface area contributed by atoms with Crippen LogP contribution in [0.1, 0.15) is 52.4 Å². The fourth-order valence-electron chi connectivity index (χ4n) is 6.51. The number of carboxylic acid groups (broad SMARTS) is 1. The number of alkyl halides is 3. The van der Waals surface area contributed by atoms with Crippen LogP contribution in [-0.2, 0) is 24.1 Å². The van der Waals surface area contributed by atoms with Crippen molar-refractivity contribution in [2.45, 2.75) is 71.0 Å². The first kappa shape index (κ1) is 32.4. The van der Waals surface area contributed by atoms with Crippen LogP contribution in [0.4, 0.5) is 13.2 Å². The first-order chi connectivity index (χ1) is 21.9. The molecule has 0 unspecified atom stereocenters. The molecule has 1 aromatic carbocycles. The lowest BCUT2D eigenvalue weighted by molar-refractivity contribution is -0.346. The highest BCUT2D eigenvalue weighted by molar-refractivity contribution is 7.18. The summed E-state index contributed by atoms with van der Waals surface area (Å²) in [6.07, 6.45) is -2.98. The Hall–Kier alpha value is -3.52. The van der Waals surface area contributed by atoms with Crippen molar-refractivity contribution in [3.8, 4) is 16.9 Å². The Bertz CT molecular complexity index is 1850. The number of halogens is 4. The molecule has 9 nitrogen and oxygen atoms in total. The molecular weight excluding hydrogens is 645 g/mol. The van der Waals surface area contributed by atoms with Crippen LogP contribution in [0.5, 0.6) is 5.75 Å². The van der Waals surface area contributed by atoms with Gasteiger partial charge in [0.1, 0.15) is 18.2 Å². The van der Waals surface area contributed by atoms with Crippen molar-refractivity contribution in [1.82, 2.24) is 19.4 Å². The molecule has 1 aliphatic carbocycles. The van der Waals surface area contributed by atoms with Gasteiger partial charge in [0.05, 0.1) is 34.1 Å². The third-order valence-corrected chi connectivity index (χ3v) is 9.91. The van der Waals surface area contributed by atoms with Crippen molar-refractivity contribution in [3.05, 3.63) is 73.4 Å². The van der Waals surface area contributed by atoms with Crippen LogP contribution in [-0.4, -0.2) is 68.7 Å². The molecule has 0 radical (unpaired) electrons. The topological polar surface area (TPSA) is 107 Å². The molecule has 14 heteroatoms. The van der Waals surface area contributed by atoms with E-state index >= 15 is 0 Å². The number of benzene rings is 1.